The number of rotatable bonds is 5. The molecule has 106 valence electrons. The molecule has 1 aromatic heterocycles. The van der Waals surface area contributed by atoms with Gasteiger partial charge in [0.1, 0.15) is 11.6 Å². The van der Waals surface area contributed by atoms with Gasteiger partial charge in [-0.05, 0) is 31.9 Å². The molecule has 0 unspecified atom stereocenters. The molecule has 0 aliphatic carbocycles. The van der Waals surface area contributed by atoms with Crippen LogP contribution in [-0.2, 0) is 6.42 Å². The Morgan fingerprint density at radius 3 is 2.70 bits per heavy atom. The molecule has 0 spiro atoms. The Balaban J connectivity index is 2.38. The maximum Gasteiger partial charge on any atom is 0.161 e. The summed E-state index contributed by atoms with van der Waals surface area (Å²) in [4.78, 5) is 8.98. The predicted octanol–water partition coefficient (Wildman–Crippen LogP) is 3.39. The molecule has 0 amide bonds. The van der Waals surface area contributed by atoms with E-state index in [9.17, 15) is 0 Å². The standard InChI is InChI=1S/C16H21N3O/c1-4-9-20-13-8-6-7-12(10-13)16-18-14(5-2)11(3)15(17)19-16/h6-8,10H,4-5,9H2,1-3H3,(H2,17,18,19). The van der Waals surface area contributed by atoms with Gasteiger partial charge in [-0.3, -0.25) is 0 Å². The first kappa shape index (κ1) is 14.3. The van der Waals surface area contributed by atoms with Crippen molar-refractivity contribution in [2.45, 2.75) is 33.6 Å². The summed E-state index contributed by atoms with van der Waals surface area (Å²) in [6, 6.07) is 7.82. The molecular weight excluding hydrogens is 250 g/mol. The summed E-state index contributed by atoms with van der Waals surface area (Å²) in [5, 5.41) is 0. The van der Waals surface area contributed by atoms with Crippen molar-refractivity contribution in [3.63, 3.8) is 0 Å². The van der Waals surface area contributed by atoms with Crippen molar-refractivity contribution in [1.29, 1.82) is 0 Å². The molecule has 0 aliphatic heterocycles. The van der Waals surface area contributed by atoms with Crippen LogP contribution in [0.3, 0.4) is 0 Å². The lowest BCUT2D eigenvalue weighted by atomic mass is 10.1. The minimum Gasteiger partial charge on any atom is -0.494 e. The maximum absolute atomic E-state index is 5.97. The molecule has 4 heteroatoms. The minimum absolute atomic E-state index is 0.548. The lowest BCUT2D eigenvalue weighted by Crippen LogP contribution is -2.04. The molecule has 4 nitrogen and oxygen atoms in total. The van der Waals surface area contributed by atoms with Crippen LogP contribution in [0.15, 0.2) is 24.3 Å². The fourth-order valence-electron chi connectivity index (χ4n) is 2.00. The average molecular weight is 271 g/mol. The number of hydrogen-bond donors (Lipinski definition) is 1. The molecule has 0 bridgehead atoms. The highest BCUT2D eigenvalue weighted by atomic mass is 16.5. The molecule has 2 aromatic rings. The fraction of sp³-hybridized carbons (Fsp3) is 0.375. The summed E-state index contributed by atoms with van der Waals surface area (Å²) < 4.78 is 5.64. The van der Waals surface area contributed by atoms with Gasteiger partial charge < -0.3 is 10.5 Å². The number of ether oxygens (including phenoxy) is 1. The minimum atomic E-state index is 0.548. The quantitative estimate of drug-likeness (QED) is 0.905. The Labute approximate surface area is 120 Å². The Morgan fingerprint density at radius 1 is 1.20 bits per heavy atom. The monoisotopic (exact) mass is 271 g/mol. The van der Waals surface area contributed by atoms with Crippen molar-refractivity contribution in [3.8, 4) is 17.1 Å². The lowest BCUT2D eigenvalue weighted by molar-refractivity contribution is 0.317. The average Bonchev–Trinajstić information content (AvgIpc) is 2.48. The van der Waals surface area contributed by atoms with Crippen LogP contribution in [0.4, 0.5) is 5.82 Å². The zero-order valence-corrected chi connectivity index (χ0v) is 12.3. The summed E-state index contributed by atoms with van der Waals surface area (Å²) in [6.07, 6.45) is 1.83. The molecule has 20 heavy (non-hydrogen) atoms. The first-order valence-corrected chi connectivity index (χ1v) is 7.02. The van der Waals surface area contributed by atoms with Gasteiger partial charge in [-0.1, -0.05) is 26.0 Å². The van der Waals surface area contributed by atoms with E-state index < -0.39 is 0 Å². The van der Waals surface area contributed by atoms with Crippen LogP contribution in [0.1, 0.15) is 31.5 Å². The van der Waals surface area contributed by atoms with E-state index >= 15 is 0 Å². The molecule has 2 rings (SSSR count). The number of nitrogens with two attached hydrogens (primary N) is 1. The Morgan fingerprint density at radius 2 is 2.00 bits per heavy atom. The SMILES string of the molecule is CCCOc1cccc(-c2nc(N)c(C)c(CC)n2)c1. The van der Waals surface area contributed by atoms with Gasteiger partial charge in [-0.15, -0.1) is 0 Å². The Kier molecular flexibility index (Phi) is 4.56. The highest BCUT2D eigenvalue weighted by molar-refractivity contribution is 5.60. The summed E-state index contributed by atoms with van der Waals surface area (Å²) in [6.45, 7) is 6.82. The van der Waals surface area contributed by atoms with E-state index in [1.165, 1.54) is 0 Å². The third-order valence-electron chi connectivity index (χ3n) is 3.18. The first-order valence-electron chi connectivity index (χ1n) is 7.02. The topological polar surface area (TPSA) is 61.0 Å². The van der Waals surface area contributed by atoms with Crippen LogP contribution in [0.25, 0.3) is 11.4 Å². The Bertz CT molecular complexity index is 596. The number of anilines is 1. The van der Waals surface area contributed by atoms with Crippen LogP contribution in [0.2, 0.25) is 0 Å². The largest absolute Gasteiger partial charge is 0.494 e. The maximum atomic E-state index is 5.97. The molecular formula is C16H21N3O. The van der Waals surface area contributed by atoms with Gasteiger partial charge in [0.2, 0.25) is 0 Å². The molecule has 1 aromatic carbocycles. The second kappa shape index (κ2) is 6.37. The zero-order valence-electron chi connectivity index (χ0n) is 12.3. The molecule has 0 radical (unpaired) electrons. The lowest BCUT2D eigenvalue weighted by Gasteiger charge is -2.10. The molecule has 2 N–H and O–H groups in total. The van der Waals surface area contributed by atoms with Crippen molar-refractivity contribution in [3.05, 3.63) is 35.5 Å². The van der Waals surface area contributed by atoms with E-state index in [2.05, 4.69) is 23.8 Å². The highest BCUT2D eigenvalue weighted by Crippen LogP contribution is 2.24. The summed E-state index contributed by atoms with van der Waals surface area (Å²) in [5.41, 5.74) is 8.86. The molecule has 0 aliphatic rings. The molecule has 1 heterocycles. The van der Waals surface area contributed by atoms with Gasteiger partial charge >= 0.3 is 0 Å². The normalized spacial score (nSPS) is 10.6. The van der Waals surface area contributed by atoms with Crippen LogP contribution in [0.5, 0.6) is 5.75 Å². The van der Waals surface area contributed by atoms with Gasteiger partial charge in [0.05, 0.1) is 6.61 Å². The molecule has 0 fully saturated rings. The van der Waals surface area contributed by atoms with Gasteiger partial charge in [-0.25, -0.2) is 9.97 Å². The smallest absolute Gasteiger partial charge is 0.161 e. The van der Waals surface area contributed by atoms with Gasteiger partial charge in [0, 0.05) is 16.8 Å². The number of nitrogens with zero attached hydrogens (tertiary/aromatic N) is 2. The summed E-state index contributed by atoms with van der Waals surface area (Å²) in [5.74, 6) is 2.05. The second-order valence-electron chi connectivity index (χ2n) is 4.73. The third kappa shape index (κ3) is 3.07. The number of hydrogen-bond acceptors (Lipinski definition) is 4. The predicted molar refractivity (Wildman–Crippen MR) is 81.8 cm³/mol. The van der Waals surface area contributed by atoms with Gasteiger partial charge in [-0.2, -0.15) is 0 Å². The van der Waals surface area contributed by atoms with Crippen molar-refractivity contribution < 1.29 is 4.74 Å². The van der Waals surface area contributed by atoms with E-state index in [0.717, 1.165) is 35.4 Å². The Hall–Kier alpha value is -2.10. The van der Waals surface area contributed by atoms with Crippen LogP contribution in [0, 0.1) is 6.92 Å². The fourth-order valence-corrected chi connectivity index (χ4v) is 2.00. The van der Waals surface area contributed by atoms with E-state index in [1.54, 1.807) is 0 Å². The van der Waals surface area contributed by atoms with E-state index in [0.29, 0.717) is 18.2 Å². The van der Waals surface area contributed by atoms with Crippen LogP contribution >= 0.6 is 0 Å². The number of benzene rings is 1. The molecule has 0 atom stereocenters. The third-order valence-corrected chi connectivity index (χ3v) is 3.18. The van der Waals surface area contributed by atoms with E-state index in [4.69, 9.17) is 10.5 Å². The van der Waals surface area contributed by atoms with Crippen LogP contribution in [-0.4, -0.2) is 16.6 Å². The highest BCUT2D eigenvalue weighted by Gasteiger charge is 2.09. The van der Waals surface area contributed by atoms with Crippen molar-refractivity contribution in [2.24, 2.45) is 0 Å². The number of aryl methyl sites for hydroxylation is 1. The number of aromatic nitrogens is 2. The summed E-state index contributed by atoms with van der Waals surface area (Å²) >= 11 is 0. The van der Waals surface area contributed by atoms with E-state index in [-0.39, 0.29) is 0 Å². The van der Waals surface area contributed by atoms with E-state index in [1.807, 2.05) is 31.2 Å². The van der Waals surface area contributed by atoms with Crippen molar-refractivity contribution >= 4 is 5.82 Å². The van der Waals surface area contributed by atoms with Crippen molar-refractivity contribution in [2.75, 3.05) is 12.3 Å². The van der Waals surface area contributed by atoms with Crippen LogP contribution < -0.4 is 10.5 Å². The first-order chi connectivity index (χ1) is 9.65. The van der Waals surface area contributed by atoms with Crippen molar-refractivity contribution in [1.82, 2.24) is 9.97 Å². The molecule has 0 saturated carbocycles. The second-order valence-corrected chi connectivity index (χ2v) is 4.73. The van der Waals surface area contributed by atoms with Gasteiger partial charge in [0.15, 0.2) is 5.82 Å². The van der Waals surface area contributed by atoms with Gasteiger partial charge in [0.25, 0.3) is 0 Å². The molecule has 0 saturated heterocycles. The number of nitrogen functional groups attached to an aromatic ring is 1. The summed E-state index contributed by atoms with van der Waals surface area (Å²) in [7, 11) is 0. The zero-order chi connectivity index (χ0) is 14.5.